The Morgan fingerprint density at radius 3 is 2.89 bits per heavy atom. The van der Waals surface area contributed by atoms with Gasteiger partial charge in [-0.2, -0.15) is 0 Å². The zero-order valence-electron chi connectivity index (χ0n) is 11.1. The predicted molar refractivity (Wildman–Crippen MR) is 73.6 cm³/mol. The Bertz CT molecular complexity index is 457. The van der Waals surface area contributed by atoms with E-state index in [4.69, 9.17) is 4.74 Å². The second kappa shape index (κ2) is 6.90. The highest BCUT2D eigenvalue weighted by Gasteiger charge is 2.16. The summed E-state index contributed by atoms with van der Waals surface area (Å²) in [5.74, 6) is 0.957. The molecule has 1 aromatic heterocycles. The van der Waals surface area contributed by atoms with Crippen molar-refractivity contribution in [3.05, 3.63) is 27.4 Å². The first-order valence-corrected chi connectivity index (χ1v) is 6.41. The van der Waals surface area contributed by atoms with Gasteiger partial charge in [-0.25, -0.2) is 4.98 Å². The van der Waals surface area contributed by atoms with Gasteiger partial charge in [0.1, 0.15) is 5.82 Å². The van der Waals surface area contributed by atoms with E-state index in [2.05, 4.69) is 4.98 Å². The van der Waals surface area contributed by atoms with E-state index in [9.17, 15) is 4.79 Å². The van der Waals surface area contributed by atoms with Gasteiger partial charge in [0, 0.05) is 37.3 Å². The summed E-state index contributed by atoms with van der Waals surface area (Å²) in [7, 11) is 0. The smallest absolute Gasteiger partial charge is 0.257 e. The number of aryl methyl sites for hydroxylation is 2. The van der Waals surface area contributed by atoms with Crippen molar-refractivity contribution in [2.75, 3.05) is 13.2 Å². The molecule has 0 fully saturated rings. The summed E-state index contributed by atoms with van der Waals surface area (Å²) in [6.45, 7) is 6.01. The van der Waals surface area contributed by atoms with Crippen LogP contribution in [0.25, 0.3) is 0 Å². The molecule has 0 spiro atoms. The van der Waals surface area contributed by atoms with Crippen LogP contribution in [0, 0.1) is 6.92 Å². The number of fused-ring (bicyclic) bond motifs is 1. The summed E-state index contributed by atoms with van der Waals surface area (Å²) in [4.78, 5) is 16.9. The lowest BCUT2D eigenvalue weighted by Gasteiger charge is -2.19. The molecule has 0 unspecified atom stereocenters. The fraction of sp³-hybridized carbons (Fsp3) is 0.692. The van der Waals surface area contributed by atoms with Crippen LogP contribution in [0.3, 0.4) is 0 Å². The second-order valence-electron chi connectivity index (χ2n) is 4.45. The van der Waals surface area contributed by atoms with E-state index < -0.39 is 0 Å². The second-order valence-corrected chi connectivity index (χ2v) is 4.45. The quantitative estimate of drug-likeness (QED) is 0.786. The number of hydrogen-bond donors (Lipinski definition) is 0. The summed E-state index contributed by atoms with van der Waals surface area (Å²) < 4.78 is 7.16. The number of aromatic nitrogens is 2. The standard InChI is InChI=1S/C13H20N2O2.ClH/c1-3-17-9-7-11-10(2)14-12-6-4-5-8-15(12)13(11)16;/h3-9H2,1-2H3;1H. The maximum Gasteiger partial charge on any atom is 0.257 e. The minimum atomic E-state index is 0. The number of rotatable bonds is 4. The molecule has 1 aliphatic rings. The Morgan fingerprint density at radius 1 is 1.39 bits per heavy atom. The Labute approximate surface area is 114 Å². The molecule has 0 aromatic carbocycles. The average Bonchev–Trinajstić information content (AvgIpc) is 2.33. The third-order valence-electron chi connectivity index (χ3n) is 3.28. The van der Waals surface area contributed by atoms with Gasteiger partial charge in [0.2, 0.25) is 0 Å². The van der Waals surface area contributed by atoms with Crippen molar-refractivity contribution in [2.24, 2.45) is 0 Å². The summed E-state index contributed by atoms with van der Waals surface area (Å²) in [6.07, 6.45) is 3.83. The number of hydrogen-bond acceptors (Lipinski definition) is 3. The molecule has 1 aliphatic heterocycles. The lowest BCUT2D eigenvalue weighted by molar-refractivity contribution is 0.150. The molecular formula is C13H21ClN2O2. The van der Waals surface area contributed by atoms with Crippen molar-refractivity contribution in [3.63, 3.8) is 0 Å². The molecule has 0 radical (unpaired) electrons. The lowest BCUT2D eigenvalue weighted by Crippen LogP contribution is -2.32. The molecule has 0 aliphatic carbocycles. The van der Waals surface area contributed by atoms with E-state index in [1.165, 1.54) is 0 Å². The largest absolute Gasteiger partial charge is 0.381 e. The fourth-order valence-electron chi connectivity index (χ4n) is 2.34. The highest BCUT2D eigenvalue weighted by molar-refractivity contribution is 5.85. The molecule has 4 nitrogen and oxygen atoms in total. The third kappa shape index (κ3) is 3.12. The fourth-order valence-corrected chi connectivity index (χ4v) is 2.34. The SMILES string of the molecule is CCOCCc1c(C)nc2n(c1=O)CCCC2.Cl. The van der Waals surface area contributed by atoms with Crippen LogP contribution >= 0.6 is 12.4 Å². The van der Waals surface area contributed by atoms with Crippen LogP contribution in [0.1, 0.15) is 36.8 Å². The van der Waals surface area contributed by atoms with Gasteiger partial charge in [-0.05, 0) is 26.7 Å². The van der Waals surface area contributed by atoms with Crippen LogP contribution in [0.15, 0.2) is 4.79 Å². The Hall–Kier alpha value is -0.870. The van der Waals surface area contributed by atoms with Crippen molar-refractivity contribution < 1.29 is 4.74 Å². The van der Waals surface area contributed by atoms with E-state index in [1.54, 1.807) is 0 Å². The Balaban J connectivity index is 0.00000162. The van der Waals surface area contributed by atoms with Crippen molar-refractivity contribution in [1.29, 1.82) is 0 Å². The van der Waals surface area contributed by atoms with Crippen LogP contribution in [0.5, 0.6) is 0 Å². The molecule has 0 N–H and O–H groups in total. The predicted octanol–water partition coefficient (Wildman–Crippen LogP) is 1.89. The van der Waals surface area contributed by atoms with E-state index >= 15 is 0 Å². The van der Waals surface area contributed by atoms with Crippen LogP contribution < -0.4 is 5.56 Å². The summed E-state index contributed by atoms with van der Waals surface area (Å²) in [5.41, 5.74) is 1.85. The average molecular weight is 273 g/mol. The maximum absolute atomic E-state index is 12.3. The molecule has 0 saturated heterocycles. The van der Waals surface area contributed by atoms with Gasteiger partial charge < -0.3 is 4.74 Å². The zero-order valence-corrected chi connectivity index (χ0v) is 11.9. The van der Waals surface area contributed by atoms with E-state index in [1.807, 2.05) is 18.4 Å². The molecule has 0 saturated carbocycles. The van der Waals surface area contributed by atoms with Crippen LogP contribution in [-0.4, -0.2) is 22.8 Å². The van der Waals surface area contributed by atoms with Gasteiger partial charge >= 0.3 is 0 Å². The van der Waals surface area contributed by atoms with Gasteiger partial charge in [-0.15, -0.1) is 12.4 Å². The molecule has 2 rings (SSSR count). The maximum atomic E-state index is 12.3. The van der Waals surface area contributed by atoms with Crippen molar-refractivity contribution >= 4 is 12.4 Å². The minimum Gasteiger partial charge on any atom is -0.381 e. The third-order valence-corrected chi connectivity index (χ3v) is 3.28. The summed E-state index contributed by atoms with van der Waals surface area (Å²) in [5, 5.41) is 0. The Morgan fingerprint density at radius 2 is 2.17 bits per heavy atom. The molecule has 0 bridgehead atoms. The topological polar surface area (TPSA) is 44.1 Å². The number of ether oxygens (including phenoxy) is 1. The number of nitrogens with zero attached hydrogens (tertiary/aromatic N) is 2. The molecule has 1 aromatic rings. The van der Waals surface area contributed by atoms with Crippen LogP contribution in [-0.2, 0) is 24.1 Å². The first kappa shape index (κ1) is 15.2. The van der Waals surface area contributed by atoms with Crippen LogP contribution in [0.2, 0.25) is 0 Å². The molecule has 2 heterocycles. The van der Waals surface area contributed by atoms with Gasteiger partial charge in [-0.3, -0.25) is 9.36 Å². The van der Waals surface area contributed by atoms with Gasteiger partial charge in [0.05, 0.1) is 6.61 Å². The van der Waals surface area contributed by atoms with Gasteiger partial charge in [0.15, 0.2) is 0 Å². The number of halogens is 1. The van der Waals surface area contributed by atoms with E-state index in [-0.39, 0.29) is 18.0 Å². The monoisotopic (exact) mass is 272 g/mol. The Kier molecular flexibility index (Phi) is 5.82. The van der Waals surface area contributed by atoms with Crippen molar-refractivity contribution in [3.8, 4) is 0 Å². The molecular weight excluding hydrogens is 252 g/mol. The van der Waals surface area contributed by atoms with Crippen molar-refractivity contribution in [2.45, 2.75) is 46.1 Å². The molecule has 18 heavy (non-hydrogen) atoms. The molecule has 5 heteroatoms. The molecule has 0 atom stereocenters. The first-order chi connectivity index (χ1) is 8.24. The van der Waals surface area contributed by atoms with E-state index in [0.29, 0.717) is 19.6 Å². The molecule has 102 valence electrons. The van der Waals surface area contributed by atoms with Crippen LogP contribution in [0.4, 0.5) is 0 Å². The lowest BCUT2D eigenvalue weighted by atomic mass is 10.1. The normalized spacial score (nSPS) is 13.9. The van der Waals surface area contributed by atoms with Crippen molar-refractivity contribution in [1.82, 2.24) is 9.55 Å². The van der Waals surface area contributed by atoms with Gasteiger partial charge in [-0.1, -0.05) is 0 Å². The highest BCUT2D eigenvalue weighted by atomic mass is 35.5. The summed E-state index contributed by atoms with van der Waals surface area (Å²) in [6, 6.07) is 0. The highest BCUT2D eigenvalue weighted by Crippen LogP contribution is 2.12. The first-order valence-electron chi connectivity index (χ1n) is 6.41. The minimum absolute atomic E-state index is 0. The zero-order chi connectivity index (χ0) is 12.3. The molecule has 0 amide bonds. The van der Waals surface area contributed by atoms with Gasteiger partial charge in [0.25, 0.3) is 5.56 Å². The van der Waals surface area contributed by atoms with E-state index in [0.717, 1.165) is 42.9 Å². The summed E-state index contributed by atoms with van der Waals surface area (Å²) >= 11 is 0.